The average Bonchev–Trinajstić information content (AvgIpc) is 3.30. The van der Waals surface area contributed by atoms with Crippen LogP contribution >= 0.6 is 0 Å². The van der Waals surface area contributed by atoms with Crippen LogP contribution in [0, 0.1) is 11.8 Å². The summed E-state index contributed by atoms with van der Waals surface area (Å²) in [6.45, 7) is 6.23. The lowest BCUT2D eigenvalue weighted by Gasteiger charge is -2.23. The second kappa shape index (κ2) is 5.23. The van der Waals surface area contributed by atoms with Crippen LogP contribution in [0.4, 0.5) is 5.69 Å². The average molecular weight is 271 g/mol. The van der Waals surface area contributed by atoms with E-state index in [1.54, 1.807) is 6.92 Å². The molecule has 1 aromatic rings. The molecule has 1 aromatic carbocycles. The number of carbonyl (C=O) groups excluding carboxylic acids is 1. The number of nitrogens with one attached hydrogen (secondary N) is 1. The van der Waals surface area contributed by atoms with Crippen molar-refractivity contribution < 1.29 is 4.79 Å². The Morgan fingerprint density at radius 2 is 1.50 bits per heavy atom. The summed E-state index contributed by atoms with van der Waals surface area (Å²) in [5, 5.41) is 3.13. The lowest BCUT2D eigenvalue weighted by molar-refractivity contribution is -0.114. The normalized spacial score (nSPS) is 21.4. The molecule has 0 aliphatic heterocycles. The molecule has 2 aliphatic carbocycles. The Morgan fingerprint density at radius 3 is 1.85 bits per heavy atom. The van der Waals surface area contributed by atoms with Gasteiger partial charge in [0.2, 0.25) is 5.91 Å². The van der Waals surface area contributed by atoms with E-state index in [1.165, 1.54) is 36.8 Å². The minimum Gasteiger partial charge on any atom is -0.326 e. The van der Waals surface area contributed by atoms with Crippen molar-refractivity contribution in [3.05, 3.63) is 29.3 Å². The topological polar surface area (TPSA) is 29.1 Å². The van der Waals surface area contributed by atoms with Crippen LogP contribution in [0.3, 0.4) is 0 Å². The van der Waals surface area contributed by atoms with Crippen LogP contribution in [0.5, 0.6) is 0 Å². The summed E-state index contributed by atoms with van der Waals surface area (Å²) in [6, 6.07) is 6.59. The van der Waals surface area contributed by atoms with Gasteiger partial charge in [0.05, 0.1) is 0 Å². The molecule has 20 heavy (non-hydrogen) atoms. The summed E-state index contributed by atoms with van der Waals surface area (Å²) in [4.78, 5) is 11.6. The van der Waals surface area contributed by atoms with Gasteiger partial charge in [0, 0.05) is 12.6 Å². The fourth-order valence-corrected chi connectivity index (χ4v) is 3.37. The van der Waals surface area contributed by atoms with Gasteiger partial charge >= 0.3 is 0 Å². The predicted octanol–water partition coefficient (Wildman–Crippen LogP) is 4.67. The third-order valence-corrected chi connectivity index (χ3v) is 5.07. The van der Waals surface area contributed by atoms with Crippen LogP contribution in [0.1, 0.15) is 69.4 Å². The summed E-state index contributed by atoms with van der Waals surface area (Å²) in [6.07, 6.45) is 5.35. The number of hydrogen-bond acceptors (Lipinski definition) is 1. The van der Waals surface area contributed by atoms with Crippen molar-refractivity contribution in [3.8, 4) is 0 Å². The Hall–Kier alpha value is -1.31. The number of anilines is 1. The molecule has 2 fully saturated rings. The Kier molecular flexibility index (Phi) is 3.57. The van der Waals surface area contributed by atoms with Gasteiger partial charge in [-0.2, -0.15) is 0 Å². The Labute approximate surface area is 122 Å². The first-order chi connectivity index (χ1) is 9.58. The summed E-state index contributed by atoms with van der Waals surface area (Å²) in [5.74, 6) is 2.79. The summed E-state index contributed by atoms with van der Waals surface area (Å²) in [5.41, 5.74) is 3.79. The first-order valence-electron chi connectivity index (χ1n) is 7.98. The molecular formula is C18H25NO. The van der Waals surface area contributed by atoms with Crippen molar-refractivity contribution in [2.24, 2.45) is 11.8 Å². The van der Waals surface area contributed by atoms with Crippen molar-refractivity contribution >= 4 is 11.6 Å². The molecule has 2 nitrogen and oxygen atoms in total. The zero-order valence-corrected chi connectivity index (χ0v) is 12.8. The number of carbonyl (C=O) groups is 1. The third kappa shape index (κ3) is 2.74. The molecule has 1 amide bonds. The van der Waals surface area contributed by atoms with E-state index < -0.39 is 0 Å². The van der Waals surface area contributed by atoms with E-state index in [1.807, 2.05) is 0 Å². The zero-order valence-electron chi connectivity index (χ0n) is 12.8. The van der Waals surface area contributed by atoms with Crippen molar-refractivity contribution in [2.45, 2.75) is 58.3 Å². The van der Waals surface area contributed by atoms with Crippen LogP contribution in [0.25, 0.3) is 0 Å². The van der Waals surface area contributed by atoms with Crippen LogP contribution < -0.4 is 5.32 Å². The van der Waals surface area contributed by atoms with Gasteiger partial charge in [-0.1, -0.05) is 32.0 Å². The predicted molar refractivity (Wildman–Crippen MR) is 83.0 cm³/mol. The second-order valence-electron chi connectivity index (χ2n) is 6.74. The molecule has 0 bridgehead atoms. The van der Waals surface area contributed by atoms with Crippen LogP contribution in [0.2, 0.25) is 0 Å². The molecule has 0 spiro atoms. The Balaban J connectivity index is 1.98. The van der Waals surface area contributed by atoms with Crippen molar-refractivity contribution in [2.75, 3.05) is 5.32 Å². The highest BCUT2D eigenvalue weighted by molar-refractivity contribution is 5.91. The number of amides is 1. The monoisotopic (exact) mass is 271 g/mol. The molecule has 1 N–H and O–H groups in total. The summed E-state index contributed by atoms with van der Waals surface area (Å²) < 4.78 is 0. The fraction of sp³-hybridized carbons (Fsp3) is 0.611. The molecule has 0 radical (unpaired) electrons. The number of rotatable bonds is 5. The molecule has 3 rings (SSSR count). The maximum Gasteiger partial charge on any atom is 0.221 e. The van der Waals surface area contributed by atoms with Gasteiger partial charge in [-0.25, -0.2) is 0 Å². The van der Waals surface area contributed by atoms with E-state index in [0.29, 0.717) is 11.8 Å². The van der Waals surface area contributed by atoms with Crippen LogP contribution in [-0.2, 0) is 4.79 Å². The molecule has 2 heteroatoms. The van der Waals surface area contributed by atoms with Gasteiger partial charge in [-0.05, 0) is 60.5 Å². The molecule has 0 saturated heterocycles. The van der Waals surface area contributed by atoms with Gasteiger partial charge in [0.1, 0.15) is 0 Å². The van der Waals surface area contributed by atoms with E-state index in [0.717, 1.165) is 17.5 Å². The second-order valence-corrected chi connectivity index (χ2v) is 6.74. The fourth-order valence-electron chi connectivity index (χ4n) is 3.37. The van der Waals surface area contributed by atoms with Crippen molar-refractivity contribution in [3.63, 3.8) is 0 Å². The largest absolute Gasteiger partial charge is 0.326 e. The lowest BCUT2D eigenvalue weighted by atomic mass is 9.87. The van der Waals surface area contributed by atoms with Gasteiger partial charge in [0.15, 0.2) is 0 Å². The molecule has 0 aromatic heterocycles. The highest BCUT2D eigenvalue weighted by atomic mass is 16.1. The summed E-state index contributed by atoms with van der Waals surface area (Å²) >= 11 is 0. The minimum absolute atomic E-state index is 0.0460. The molecule has 2 aliphatic rings. The maximum absolute atomic E-state index is 11.6. The number of hydrogen-bond donors (Lipinski definition) is 1. The molecular weight excluding hydrogens is 246 g/mol. The molecule has 108 valence electrons. The molecule has 0 heterocycles. The van der Waals surface area contributed by atoms with E-state index in [2.05, 4.69) is 37.4 Å². The standard InChI is InChI=1S/C18H25NO/c1-11(14-7-8-14)16-5-4-6-17(12(2)15-9-10-15)18(16)19-13(3)20/h4-6,11-12,14-15H,7-10H2,1-3H3,(H,19,20)/t11-,12-/m0/s1. The van der Waals surface area contributed by atoms with E-state index in [4.69, 9.17) is 0 Å². The van der Waals surface area contributed by atoms with Gasteiger partial charge in [-0.15, -0.1) is 0 Å². The third-order valence-electron chi connectivity index (χ3n) is 5.07. The zero-order chi connectivity index (χ0) is 14.3. The maximum atomic E-state index is 11.6. The Morgan fingerprint density at radius 1 is 1.05 bits per heavy atom. The minimum atomic E-state index is 0.0460. The van der Waals surface area contributed by atoms with Crippen molar-refractivity contribution in [1.29, 1.82) is 0 Å². The number of para-hydroxylation sites is 1. The molecule has 0 unspecified atom stereocenters. The van der Waals surface area contributed by atoms with Gasteiger partial charge in [0.25, 0.3) is 0 Å². The Bertz CT molecular complexity index is 478. The van der Waals surface area contributed by atoms with E-state index in [9.17, 15) is 4.79 Å². The smallest absolute Gasteiger partial charge is 0.221 e. The quantitative estimate of drug-likeness (QED) is 0.828. The van der Waals surface area contributed by atoms with Crippen LogP contribution in [0.15, 0.2) is 18.2 Å². The molecule has 2 saturated carbocycles. The van der Waals surface area contributed by atoms with Crippen molar-refractivity contribution in [1.82, 2.24) is 0 Å². The highest BCUT2D eigenvalue weighted by Gasteiger charge is 2.34. The highest BCUT2D eigenvalue weighted by Crippen LogP contribution is 2.48. The SMILES string of the molecule is CC(=O)Nc1c([C@@H](C)C2CC2)cccc1[C@@H](C)C1CC1. The first-order valence-corrected chi connectivity index (χ1v) is 7.98. The van der Waals surface area contributed by atoms with Gasteiger partial charge < -0.3 is 5.32 Å². The lowest BCUT2D eigenvalue weighted by Crippen LogP contribution is -2.14. The summed E-state index contributed by atoms with van der Waals surface area (Å²) in [7, 11) is 0. The van der Waals surface area contributed by atoms with Crippen LogP contribution in [-0.4, -0.2) is 5.91 Å². The van der Waals surface area contributed by atoms with Gasteiger partial charge in [-0.3, -0.25) is 4.79 Å². The number of benzene rings is 1. The first kappa shape index (κ1) is 13.7. The molecule has 2 atom stereocenters. The van der Waals surface area contributed by atoms with E-state index in [-0.39, 0.29) is 5.91 Å². The van der Waals surface area contributed by atoms with E-state index >= 15 is 0 Å².